The van der Waals surface area contributed by atoms with Gasteiger partial charge in [-0.25, -0.2) is 0 Å². The smallest absolute Gasteiger partial charge is 0.323 e. The van der Waals surface area contributed by atoms with E-state index in [9.17, 15) is 0 Å². The Hall–Kier alpha value is -1.59. The van der Waals surface area contributed by atoms with Gasteiger partial charge in [-0.05, 0) is 39.0 Å². The second-order valence-corrected chi connectivity index (χ2v) is 5.68. The van der Waals surface area contributed by atoms with Crippen molar-refractivity contribution < 1.29 is 4.74 Å². The lowest BCUT2D eigenvalue weighted by atomic mass is 10.0. The summed E-state index contributed by atoms with van der Waals surface area (Å²) < 4.78 is 5.42. The average Bonchev–Trinajstić information content (AvgIpc) is 2.64. The first-order valence-electron chi connectivity index (χ1n) is 8.10. The third-order valence-electron chi connectivity index (χ3n) is 3.81. The van der Waals surface area contributed by atoms with Gasteiger partial charge in [-0.2, -0.15) is 15.0 Å². The molecule has 1 saturated carbocycles. The summed E-state index contributed by atoms with van der Waals surface area (Å²) in [5.41, 5.74) is 0. The molecule has 1 aliphatic rings. The molecular formula is C15H27N5O. The number of aromatic nitrogens is 3. The van der Waals surface area contributed by atoms with Crippen molar-refractivity contribution >= 4 is 11.9 Å². The van der Waals surface area contributed by atoms with E-state index < -0.39 is 0 Å². The van der Waals surface area contributed by atoms with Crippen LogP contribution in [0.3, 0.4) is 0 Å². The summed E-state index contributed by atoms with van der Waals surface area (Å²) >= 11 is 0. The van der Waals surface area contributed by atoms with Crippen molar-refractivity contribution in [3.8, 4) is 6.01 Å². The molecule has 0 radical (unpaired) electrons. The van der Waals surface area contributed by atoms with Gasteiger partial charge >= 0.3 is 6.01 Å². The van der Waals surface area contributed by atoms with E-state index in [2.05, 4.69) is 32.5 Å². The molecule has 0 aliphatic heterocycles. The highest BCUT2D eigenvalue weighted by atomic mass is 16.5. The molecule has 1 aromatic rings. The van der Waals surface area contributed by atoms with E-state index in [1.807, 2.05) is 13.8 Å². The van der Waals surface area contributed by atoms with Crippen molar-refractivity contribution in [2.45, 2.75) is 58.9 Å². The summed E-state index contributed by atoms with van der Waals surface area (Å²) in [4.78, 5) is 13.0. The second-order valence-electron chi connectivity index (χ2n) is 5.68. The first-order valence-corrected chi connectivity index (χ1v) is 8.10. The molecule has 6 nitrogen and oxygen atoms in total. The molecule has 2 atom stereocenters. The Bertz CT molecular complexity index is 416. The fraction of sp³-hybridized carbons (Fsp3) is 0.800. The Morgan fingerprint density at radius 2 is 1.86 bits per heavy atom. The molecule has 2 unspecified atom stereocenters. The van der Waals surface area contributed by atoms with Crippen LogP contribution in [0.5, 0.6) is 6.01 Å². The minimum absolute atomic E-state index is 0.382. The molecule has 21 heavy (non-hydrogen) atoms. The normalized spacial score (nSPS) is 22.4. The molecule has 6 heteroatoms. The number of ether oxygens (including phenoxy) is 1. The third kappa shape index (κ3) is 5.02. The molecule has 1 aromatic heterocycles. The van der Waals surface area contributed by atoms with Crippen molar-refractivity contribution in [3.63, 3.8) is 0 Å². The van der Waals surface area contributed by atoms with Crippen molar-refractivity contribution in [1.82, 2.24) is 15.0 Å². The Labute approximate surface area is 127 Å². The first kappa shape index (κ1) is 15.8. The fourth-order valence-electron chi connectivity index (χ4n) is 2.67. The van der Waals surface area contributed by atoms with Crippen LogP contribution >= 0.6 is 0 Å². The van der Waals surface area contributed by atoms with E-state index >= 15 is 0 Å². The lowest BCUT2D eigenvalue weighted by Gasteiger charge is -2.17. The Kier molecular flexibility index (Phi) is 6.02. The topological polar surface area (TPSA) is 72.0 Å². The minimum atomic E-state index is 0.382. The highest BCUT2D eigenvalue weighted by molar-refractivity contribution is 5.36. The summed E-state index contributed by atoms with van der Waals surface area (Å²) in [6.45, 7) is 7.61. The molecule has 0 spiro atoms. The molecule has 1 fully saturated rings. The summed E-state index contributed by atoms with van der Waals surface area (Å²) in [7, 11) is 0. The zero-order chi connectivity index (χ0) is 15.1. The van der Waals surface area contributed by atoms with Crippen LogP contribution in [0.1, 0.15) is 52.9 Å². The Morgan fingerprint density at radius 1 is 1.05 bits per heavy atom. The van der Waals surface area contributed by atoms with Gasteiger partial charge in [0.15, 0.2) is 0 Å². The maximum Gasteiger partial charge on any atom is 0.323 e. The SMILES string of the molecule is CCNc1nc(NC2CCCC(C)CC2)nc(OCC)n1. The van der Waals surface area contributed by atoms with Crippen LogP contribution in [0, 0.1) is 5.92 Å². The van der Waals surface area contributed by atoms with E-state index in [1.165, 1.54) is 32.1 Å². The van der Waals surface area contributed by atoms with Crippen LogP contribution in [-0.4, -0.2) is 34.1 Å². The van der Waals surface area contributed by atoms with Crippen molar-refractivity contribution in [2.24, 2.45) is 5.92 Å². The third-order valence-corrected chi connectivity index (χ3v) is 3.81. The van der Waals surface area contributed by atoms with Gasteiger partial charge in [0.2, 0.25) is 11.9 Å². The Balaban J connectivity index is 2.06. The quantitative estimate of drug-likeness (QED) is 0.785. The summed E-state index contributed by atoms with van der Waals surface area (Å²) in [5, 5.41) is 6.58. The highest BCUT2D eigenvalue weighted by Crippen LogP contribution is 2.24. The molecule has 1 aliphatic carbocycles. The van der Waals surface area contributed by atoms with Gasteiger partial charge in [-0.3, -0.25) is 0 Å². The molecule has 0 aromatic carbocycles. The van der Waals surface area contributed by atoms with Crippen LogP contribution in [-0.2, 0) is 0 Å². The molecule has 2 N–H and O–H groups in total. The van der Waals surface area contributed by atoms with Gasteiger partial charge < -0.3 is 15.4 Å². The number of anilines is 2. The molecule has 0 amide bonds. The molecule has 0 saturated heterocycles. The van der Waals surface area contributed by atoms with Crippen molar-refractivity contribution in [3.05, 3.63) is 0 Å². The van der Waals surface area contributed by atoms with E-state index in [0.29, 0.717) is 30.6 Å². The van der Waals surface area contributed by atoms with Gasteiger partial charge in [-0.1, -0.05) is 19.8 Å². The van der Waals surface area contributed by atoms with Gasteiger partial charge in [0, 0.05) is 12.6 Å². The van der Waals surface area contributed by atoms with E-state index in [-0.39, 0.29) is 0 Å². The minimum Gasteiger partial charge on any atom is -0.464 e. The second kappa shape index (κ2) is 8.00. The lowest BCUT2D eigenvalue weighted by Crippen LogP contribution is -2.21. The molecular weight excluding hydrogens is 266 g/mol. The van der Waals surface area contributed by atoms with Gasteiger partial charge in [0.05, 0.1) is 6.61 Å². The van der Waals surface area contributed by atoms with Gasteiger partial charge in [0.1, 0.15) is 0 Å². The monoisotopic (exact) mass is 293 g/mol. The molecule has 118 valence electrons. The van der Waals surface area contributed by atoms with E-state index in [0.717, 1.165) is 12.5 Å². The molecule has 2 rings (SSSR count). The number of rotatable bonds is 6. The van der Waals surface area contributed by atoms with Crippen molar-refractivity contribution in [2.75, 3.05) is 23.8 Å². The predicted octanol–water partition coefficient (Wildman–Crippen LogP) is 3.08. The van der Waals surface area contributed by atoms with Crippen LogP contribution < -0.4 is 15.4 Å². The maximum atomic E-state index is 5.42. The van der Waals surface area contributed by atoms with Crippen LogP contribution in [0.2, 0.25) is 0 Å². The zero-order valence-corrected chi connectivity index (χ0v) is 13.4. The Morgan fingerprint density at radius 3 is 2.62 bits per heavy atom. The highest BCUT2D eigenvalue weighted by Gasteiger charge is 2.17. The number of nitrogens with zero attached hydrogens (tertiary/aromatic N) is 3. The molecule has 1 heterocycles. The first-order chi connectivity index (χ1) is 10.2. The largest absolute Gasteiger partial charge is 0.464 e. The number of nitrogens with one attached hydrogen (secondary N) is 2. The maximum absolute atomic E-state index is 5.42. The fourth-order valence-corrected chi connectivity index (χ4v) is 2.67. The predicted molar refractivity (Wildman–Crippen MR) is 84.8 cm³/mol. The summed E-state index contributed by atoms with van der Waals surface area (Å²) in [6.07, 6.45) is 6.20. The van der Waals surface area contributed by atoms with Crippen LogP contribution in [0.15, 0.2) is 0 Å². The van der Waals surface area contributed by atoms with E-state index in [1.54, 1.807) is 0 Å². The van der Waals surface area contributed by atoms with Gasteiger partial charge in [-0.15, -0.1) is 0 Å². The average molecular weight is 293 g/mol. The van der Waals surface area contributed by atoms with Crippen molar-refractivity contribution in [1.29, 1.82) is 0 Å². The van der Waals surface area contributed by atoms with Gasteiger partial charge in [0.25, 0.3) is 0 Å². The molecule has 0 bridgehead atoms. The van der Waals surface area contributed by atoms with E-state index in [4.69, 9.17) is 4.74 Å². The lowest BCUT2D eigenvalue weighted by molar-refractivity contribution is 0.312. The van der Waals surface area contributed by atoms with Crippen LogP contribution in [0.25, 0.3) is 0 Å². The standard InChI is InChI=1S/C15H27N5O/c1-4-16-13-18-14(20-15(19-13)21-5-2)17-12-8-6-7-11(3)9-10-12/h11-12H,4-10H2,1-3H3,(H2,16,17,18,19,20). The number of hydrogen-bond donors (Lipinski definition) is 2. The summed E-state index contributed by atoms with van der Waals surface area (Å²) in [5.74, 6) is 2.01. The number of hydrogen-bond acceptors (Lipinski definition) is 6. The van der Waals surface area contributed by atoms with Crippen LogP contribution in [0.4, 0.5) is 11.9 Å². The summed E-state index contributed by atoms with van der Waals surface area (Å²) in [6, 6.07) is 0.828. The zero-order valence-electron chi connectivity index (χ0n) is 13.4.